The Labute approximate surface area is 161 Å². The molecule has 6 nitrogen and oxygen atoms in total. The molecule has 0 fully saturated rings. The number of fused-ring (bicyclic) bond motifs is 1. The normalized spacial score (nSPS) is 11.1. The summed E-state index contributed by atoms with van der Waals surface area (Å²) >= 11 is 3.10. The van der Waals surface area contributed by atoms with E-state index < -0.39 is 0 Å². The lowest BCUT2D eigenvalue weighted by Gasteiger charge is -2.07. The van der Waals surface area contributed by atoms with Gasteiger partial charge in [-0.25, -0.2) is 4.98 Å². The zero-order chi connectivity index (χ0) is 18.2. The average molecular weight is 392 g/mol. The fraction of sp³-hybridized carbons (Fsp3) is 0. The Morgan fingerprint density at radius 1 is 1.11 bits per heavy atom. The van der Waals surface area contributed by atoms with Crippen molar-refractivity contribution in [3.63, 3.8) is 0 Å². The SMILES string of the molecule is O=C(Nc1ccccc1-c1cn2ccsc2n1)c1cc(-c2cccs2)on1. The first-order valence-corrected chi connectivity index (χ1v) is 9.87. The Bertz CT molecular complexity index is 1210. The summed E-state index contributed by atoms with van der Waals surface area (Å²) in [6, 6.07) is 13.1. The molecule has 0 radical (unpaired) electrons. The van der Waals surface area contributed by atoms with Gasteiger partial charge in [0.15, 0.2) is 16.4 Å². The number of rotatable bonds is 4. The second kappa shape index (κ2) is 6.49. The fourth-order valence-electron chi connectivity index (χ4n) is 2.78. The third-order valence-corrected chi connectivity index (χ3v) is 5.71. The predicted molar refractivity (Wildman–Crippen MR) is 106 cm³/mol. The number of carbonyl (C=O) groups is 1. The summed E-state index contributed by atoms with van der Waals surface area (Å²) in [6.07, 6.45) is 3.90. The molecule has 0 saturated carbocycles. The van der Waals surface area contributed by atoms with Gasteiger partial charge in [0, 0.05) is 29.4 Å². The number of thiophene rings is 1. The molecule has 0 saturated heterocycles. The van der Waals surface area contributed by atoms with Crippen LogP contribution < -0.4 is 5.32 Å². The van der Waals surface area contributed by atoms with Gasteiger partial charge in [-0.2, -0.15) is 0 Å². The smallest absolute Gasteiger partial charge is 0.277 e. The van der Waals surface area contributed by atoms with Crippen LogP contribution in [0.15, 0.2) is 70.1 Å². The van der Waals surface area contributed by atoms with Crippen molar-refractivity contribution in [1.82, 2.24) is 14.5 Å². The lowest BCUT2D eigenvalue weighted by molar-refractivity contribution is 0.101. The Kier molecular flexibility index (Phi) is 3.84. The molecule has 1 N–H and O–H groups in total. The molecule has 5 aromatic rings. The maximum atomic E-state index is 12.6. The fourth-order valence-corrected chi connectivity index (χ4v) is 4.15. The van der Waals surface area contributed by atoms with Crippen LogP contribution in [0, 0.1) is 0 Å². The van der Waals surface area contributed by atoms with E-state index in [1.165, 1.54) is 11.3 Å². The topological polar surface area (TPSA) is 72.4 Å². The van der Waals surface area contributed by atoms with Crippen LogP contribution in [0.5, 0.6) is 0 Å². The van der Waals surface area contributed by atoms with Crippen molar-refractivity contribution in [3.8, 4) is 21.9 Å². The van der Waals surface area contributed by atoms with E-state index >= 15 is 0 Å². The highest BCUT2D eigenvalue weighted by molar-refractivity contribution is 7.15. The van der Waals surface area contributed by atoms with Gasteiger partial charge >= 0.3 is 0 Å². The highest BCUT2D eigenvalue weighted by atomic mass is 32.1. The molecule has 0 unspecified atom stereocenters. The Morgan fingerprint density at radius 3 is 2.89 bits per heavy atom. The van der Waals surface area contributed by atoms with Crippen LogP contribution in [0.2, 0.25) is 0 Å². The zero-order valence-corrected chi connectivity index (χ0v) is 15.5. The summed E-state index contributed by atoms with van der Waals surface area (Å²) in [6.45, 7) is 0. The van der Waals surface area contributed by atoms with Crippen molar-refractivity contribution in [3.05, 3.63) is 71.3 Å². The number of hydrogen-bond donors (Lipinski definition) is 1. The van der Waals surface area contributed by atoms with E-state index in [1.54, 1.807) is 17.4 Å². The van der Waals surface area contributed by atoms with Crippen LogP contribution in [-0.4, -0.2) is 20.4 Å². The zero-order valence-electron chi connectivity index (χ0n) is 13.8. The van der Waals surface area contributed by atoms with Crippen LogP contribution in [-0.2, 0) is 0 Å². The summed E-state index contributed by atoms with van der Waals surface area (Å²) in [4.78, 5) is 19.1. The number of amides is 1. The molecule has 0 spiro atoms. The lowest BCUT2D eigenvalue weighted by Crippen LogP contribution is -2.12. The quantitative estimate of drug-likeness (QED) is 0.465. The molecule has 0 aliphatic heterocycles. The van der Waals surface area contributed by atoms with Gasteiger partial charge in [-0.15, -0.1) is 22.7 Å². The number of imidazole rings is 1. The number of nitrogens with zero attached hydrogens (tertiary/aromatic N) is 3. The molecule has 1 amide bonds. The molecule has 0 aliphatic rings. The summed E-state index contributed by atoms with van der Waals surface area (Å²) in [5.41, 5.74) is 2.56. The second-order valence-corrected chi connectivity index (χ2v) is 7.59. The minimum Gasteiger partial charge on any atom is -0.355 e. The average Bonchev–Trinajstić information content (AvgIpc) is 3.45. The van der Waals surface area contributed by atoms with Crippen LogP contribution in [0.1, 0.15) is 10.5 Å². The molecular formula is C19H12N4O2S2. The first kappa shape index (κ1) is 16.0. The predicted octanol–water partition coefficient (Wildman–Crippen LogP) is 5.03. The van der Waals surface area contributed by atoms with Crippen molar-refractivity contribution in [2.45, 2.75) is 0 Å². The number of hydrogen-bond acceptors (Lipinski definition) is 6. The number of thiazole rings is 1. The van der Waals surface area contributed by atoms with Crippen molar-refractivity contribution < 1.29 is 9.32 Å². The number of benzene rings is 1. The molecule has 27 heavy (non-hydrogen) atoms. The van der Waals surface area contributed by atoms with E-state index in [1.807, 2.05) is 64.0 Å². The Hall–Kier alpha value is -3.23. The van der Waals surface area contributed by atoms with E-state index in [9.17, 15) is 4.79 Å². The van der Waals surface area contributed by atoms with Crippen molar-refractivity contribution >= 4 is 39.2 Å². The highest BCUT2D eigenvalue weighted by Gasteiger charge is 2.17. The Balaban J connectivity index is 1.44. The number of nitrogens with one attached hydrogen (secondary N) is 1. The van der Waals surface area contributed by atoms with Crippen LogP contribution in [0.25, 0.3) is 26.9 Å². The Morgan fingerprint density at radius 2 is 2.04 bits per heavy atom. The van der Waals surface area contributed by atoms with E-state index in [2.05, 4.69) is 15.5 Å². The van der Waals surface area contributed by atoms with Gasteiger partial charge in [-0.1, -0.05) is 29.4 Å². The molecule has 0 atom stereocenters. The molecule has 4 aromatic heterocycles. The molecular weight excluding hydrogens is 380 g/mol. The molecule has 5 rings (SSSR count). The summed E-state index contributed by atoms with van der Waals surface area (Å²) in [7, 11) is 0. The maximum Gasteiger partial charge on any atom is 0.277 e. The second-order valence-electron chi connectivity index (χ2n) is 5.77. The summed E-state index contributed by atoms with van der Waals surface area (Å²) in [5, 5.41) is 10.7. The summed E-state index contributed by atoms with van der Waals surface area (Å²) < 4.78 is 7.26. The van der Waals surface area contributed by atoms with E-state index in [-0.39, 0.29) is 11.6 Å². The van der Waals surface area contributed by atoms with Gasteiger partial charge < -0.3 is 9.84 Å². The number of anilines is 1. The van der Waals surface area contributed by atoms with Gasteiger partial charge in [0.2, 0.25) is 0 Å². The van der Waals surface area contributed by atoms with Gasteiger partial charge in [0.05, 0.1) is 16.3 Å². The lowest BCUT2D eigenvalue weighted by atomic mass is 10.1. The standard InChI is InChI=1S/C19H12N4O2S2/c24-18(14-10-16(25-22-14)17-6-3-8-26-17)20-13-5-2-1-4-12(13)15-11-23-7-9-27-19(23)21-15/h1-11H,(H,20,24). The van der Waals surface area contributed by atoms with Crippen molar-refractivity contribution in [2.75, 3.05) is 5.32 Å². The van der Waals surface area contributed by atoms with Crippen LogP contribution in [0.3, 0.4) is 0 Å². The van der Waals surface area contributed by atoms with Crippen molar-refractivity contribution in [1.29, 1.82) is 0 Å². The maximum absolute atomic E-state index is 12.6. The first-order chi connectivity index (χ1) is 13.3. The minimum atomic E-state index is -0.324. The highest BCUT2D eigenvalue weighted by Crippen LogP contribution is 2.29. The third-order valence-electron chi connectivity index (χ3n) is 4.05. The molecule has 0 bridgehead atoms. The van der Waals surface area contributed by atoms with Gasteiger partial charge in [-0.3, -0.25) is 9.20 Å². The molecule has 1 aromatic carbocycles. The number of carbonyl (C=O) groups excluding carboxylic acids is 1. The monoisotopic (exact) mass is 392 g/mol. The molecule has 0 aliphatic carbocycles. The minimum absolute atomic E-state index is 0.235. The molecule has 4 heterocycles. The van der Waals surface area contributed by atoms with E-state index in [4.69, 9.17) is 4.52 Å². The van der Waals surface area contributed by atoms with Crippen LogP contribution in [0.4, 0.5) is 5.69 Å². The number of para-hydroxylation sites is 1. The molecule has 8 heteroatoms. The summed E-state index contributed by atoms with van der Waals surface area (Å²) in [5.74, 6) is 0.257. The van der Waals surface area contributed by atoms with Crippen LogP contribution >= 0.6 is 22.7 Å². The van der Waals surface area contributed by atoms with Gasteiger partial charge in [0.1, 0.15) is 0 Å². The largest absolute Gasteiger partial charge is 0.355 e. The van der Waals surface area contributed by atoms with Gasteiger partial charge in [0.25, 0.3) is 5.91 Å². The van der Waals surface area contributed by atoms with Gasteiger partial charge in [-0.05, 0) is 17.5 Å². The number of aromatic nitrogens is 3. The third kappa shape index (κ3) is 2.94. The van der Waals surface area contributed by atoms with E-state index in [0.717, 1.165) is 21.1 Å². The molecule has 132 valence electrons. The van der Waals surface area contributed by atoms with Crippen molar-refractivity contribution in [2.24, 2.45) is 0 Å². The van der Waals surface area contributed by atoms with E-state index in [0.29, 0.717) is 11.4 Å². The first-order valence-electron chi connectivity index (χ1n) is 8.11.